The Balaban J connectivity index is 3.17. The number of hydrogen-bond acceptors (Lipinski definition) is 0. The first-order chi connectivity index (χ1) is 5.61. The highest BCUT2D eigenvalue weighted by Crippen LogP contribution is 2.16. The quantitative estimate of drug-likeness (QED) is 0.609. The van der Waals surface area contributed by atoms with Crippen LogP contribution in [0, 0.1) is 12.7 Å². The topological polar surface area (TPSA) is 0 Å². The molecule has 0 saturated carbocycles. The van der Waals surface area contributed by atoms with E-state index in [1.54, 1.807) is 0 Å². The van der Waals surface area contributed by atoms with Crippen molar-refractivity contribution in [3.05, 3.63) is 41.2 Å². The van der Waals surface area contributed by atoms with E-state index in [2.05, 4.69) is 0 Å². The van der Waals surface area contributed by atoms with Crippen LogP contribution in [0.2, 0.25) is 0 Å². The zero-order chi connectivity index (χ0) is 9.14. The molecule has 0 bridgehead atoms. The summed E-state index contributed by atoms with van der Waals surface area (Å²) in [5, 5.41) is 0. The van der Waals surface area contributed by atoms with Crippen molar-refractivity contribution in [1.82, 2.24) is 0 Å². The van der Waals surface area contributed by atoms with Gasteiger partial charge in [-0.05, 0) is 24.1 Å². The summed E-state index contributed by atoms with van der Waals surface area (Å²) in [6, 6.07) is 4.08. The fraction of sp³-hybridized carbons (Fsp3) is 0.111. The van der Waals surface area contributed by atoms with Crippen molar-refractivity contribution in [2.24, 2.45) is 0 Å². The smallest absolute Gasteiger partial charge is 0.207 e. The van der Waals surface area contributed by atoms with Crippen LogP contribution in [0.25, 0.3) is 6.08 Å². The van der Waals surface area contributed by atoms with E-state index in [-0.39, 0.29) is 11.1 Å². The molecule has 1 aromatic rings. The molecule has 0 nitrogen and oxygen atoms in total. The van der Waals surface area contributed by atoms with Crippen LogP contribution >= 0.6 is 0 Å². The van der Waals surface area contributed by atoms with Gasteiger partial charge in [0.1, 0.15) is 5.82 Å². The lowest BCUT2D eigenvalue weighted by Crippen LogP contribution is -1.85. The van der Waals surface area contributed by atoms with Crippen LogP contribution < -0.4 is 0 Å². The summed E-state index contributed by atoms with van der Waals surface area (Å²) in [7, 11) is 0. The highest BCUT2D eigenvalue weighted by molar-refractivity contribution is 5.53. The fourth-order valence-electron chi connectivity index (χ4n) is 0.898. The van der Waals surface area contributed by atoms with Crippen molar-refractivity contribution in [2.75, 3.05) is 0 Å². The molecule has 0 unspecified atom stereocenters. The molecule has 0 amide bonds. The Hall–Kier alpha value is -1.25. The van der Waals surface area contributed by atoms with Crippen molar-refractivity contribution in [1.29, 1.82) is 0 Å². The molecule has 0 N–H and O–H groups in total. The maximum absolute atomic E-state index is 12.8. The zero-order valence-corrected chi connectivity index (χ0v) is 6.44. The summed E-state index contributed by atoms with van der Waals surface area (Å²) in [6.07, 6.45) is -1.16. The number of hydrogen-bond donors (Lipinski definition) is 0. The molecular formula is C9H7F3. The van der Waals surface area contributed by atoms with Gasteiger partial charge in [-0.15, -0.1) is 0 Å². The molecule has 12 heavy (non-hydrogen) atoms. The molecule has 1 aromatic carbocycles. The third-order valence-corrected chi connectivity index (χ3v) is 1.57. The fourth-order valence-corrected chi connectivity index (χ4v) is 0.898. The van der Waals surface area contributed by atoms with E-state index in [4.69, 9.17) is 0 Å². The predicted octanol–water partition coefficient (Wildman–Crippen LogP) is 3.37. The van der Waals surface area contributed by atoms with Gasteiger partial charge in [-0.1, -0.05) is 12.1 Å². The first-order valence-corrected chi connectivity index (χ1v) is 3.39. The van der Waals surface area contributed by atoms with Crippen LogP contribution in [0.5, 0.6) is 0 Å². The highest BCUT2D eigenvalue weighted by Gasteiger charge is 2.01. The first kappa shape index (κ1) is 8.84. The maximum atomic E-state index is 12.8. The van der Waals surface area contributed by atoms with Crippen LogP contribution in [0.3, 0.4) is 0 Å². The van der Waals surface area contributed by atoms with E-state index < -0.39 is 11.9 Å². The van der Waals surface area contributed by atoms with E-state index in [0.717, 1.165) is 0 Å². The lowest BCUT2D eigenvalue weighted by atomic mass is 10.1. The Bertz CT molecular complexity index is 312. The minimum Gasteiger partial charge on any atom is -0.207 e. The molecule has 0 fully saturated rings. The number of rotatable bonds is 1. The van der Waals surface area contributed by atoms with Crippen LogP contribution in [0.15, 0.2) is 24.3 Å². The van der Waals surface area contributed by atoms with E-state index in [9.17, 15) is 13.2 Å². The number of halogens is 3. The molecule has 0 atom stereocenters. The van der Waals surface area contributed by atoms with Crippen LogP contribution in [-0.4, -0.2) is 0 Å². The zero-order valence-electron chi connectivity index (χ0n) is 6.44. The monoisotopic (exact) mass is 172 g/mol. The van der Waals surface area contributed by atoms with Gasteiger partial charge in [0, 0.05) is 6.08 Å². The van der Waals surface area contributed by atoms with Crippen LogP contribution in [-0.2, 0) is 0 Å². The Morgan fingerprint density at radius 1 is 1.33 bits per heavy atom. The third kappa shape index (κ3) is 1.87. The average Bonchev–Trinajstić information content (AvgIpc) is 1.98. The molecule has 0 radical (unpaired) electrons. The molecule has 0 aliphatic rings. The lowest BCUT2D eigenvalue weighted by Gasteiger charge is -1.99. The van der Waals surface area contributed by atoms with Crippen molar-refractivity contribution in [3.8, 4) is 0 Å². The molecule has 0 aliphatic heterocycles. The molecule has 0 saturated heterocycles. The van der Waals surface area contributed by atoms with Crippen molar-refractivity contribution in [3.63, 3.8) is 0 Å². The van der Waals surface area contributed by atoms with Gasteiger partial charge in [-0.3, -0.25) is 0 Å². The average molecular weight is 172 g/mol. The molecule has 0 spiro atoms. The van der Waals surface area contributed by atoms with Gasteiger partial charge in [-0.25, -0.2) is 4.39 Å². The van der Waals surface area contributed by atoms with Crippen LogP contribution in [0.1, 0.15) is 11.1 Å². The van der Waals surface area contributed by atoms with Gasteiger partial charge in [0.25, 0.3) is 6.08 Å². The van der Waals surface area contributed by atoms with Gasteiger partial charge < -0.3 is 0 Å². The minimum absolute atomic E-state index is 0.218. The molecule has 3 heteroatoms. The summed E-state index contributed by atoms with van der Waals surface area (Å²) in [5.74, 6) is -0.468. The van der Waals surface area contributed by atoms with E-state index in [1.807, 2.05) is 0 Å². The SMILES string of the molecule is Cc1c(F)cccc1C=C(F)F. The van der Waals surface area contributed by atoms with E-state index >= 15 is 0 Å². The van der Waals surface area contributed by atoms with Crippen molar-refractivity contribution in [2.45, 2.75) is 6.92 Å². The minimum atomic E-state index is -1.82. The van der Waals surface area contributed by atoms with Gasteiger partial charge in [0.05, 0.1) is 0 Å². The molecule has 0 aromatic heterocycles. The molecule has 64 valence electrons. The third-order valence-electron chi connectivity index (χ3n) is 1.57. The van der Waals surface area contributed by atoms with Crippen molar-refractivity contribution < 1.29 is 13.2 Å². The summed E-state index contributed by atoms with van der Waals surface area (Å²) in [4.78, 5) is 0. The summed E-state index contributed by atoms with van der Waals surface area (Å²) in [6.45, 7) is 1.46. The normalized spacial score (nSPS) is 9.67. The summed E-state index contributed by atoms with van der Waals surface area (Å²) < 4.78 is 36.3. The second kappa shape index (κ2) is 3.43. The van der Waals surface area contributed by atoms with Gasteiger partial charge >= 0.3 is 0 Å². The second-order valence-corrected chi connectivity index (χ2v) is 2.39. The van der Waals surface area contributed by atoms with E-state index in [0.29, 0.717) is 6.08 Å². The molecule has 0 aliphatic carbocycles. The summed E-state index contributed by atoms with van der Waals surface area (Å²) >= 11 is 0. The first-order valence-electron chi connectivity index (χ1n) is 3.39. The Labute approximate surface area is 68.3 Å². The Morgan fingerprint density at radius 3 is 2.58 bits per heavy atom. The van der Waals surface area contributed by atoms with Gasteiger partial charge in [0.15, 0.2) is 0 Å². The highest BCUT2D eigenvalue weighted by atomic mass is 19.3. The summed E-state index contributed by atoms with van der Waals surface area (Å²) in [5.41, 5.74) is 0.459. The molecule has 0 heterocycles. The van der Waals surface area contributed by atoms with Gasteiger partial charge in [0.2, 0.25) is 0 Å². The molecular weight excluding hydrogens is 165 g/mol. The van der Waals surface area contributed by atoms with Crippen LogP contribution in [0.4, 0.5) is 13.2 Å². The van der Waals surface area contributed by atoms with Crippen molar-refractivity contribution >= 4 is 6.08 Å². The predicted molar refractivity (Wildman–Crippen MR) is 41.3 cm³/mol. The molecule has 1 rings (SSSR count). The van der Waals surface area contributed by atoms with E-state index in [1.165, 1.54) is 25.1 Å². The largest absolute Gasteiger partial charge is 0.270 e. The Morgan fingerprint density at radius 2 is 2.00 bits per heavy atom. The second-order valence-electron chi connectivity index (χ2n) is 2.39. The standard InChI is InChI=1S/C9H7F3/c1-6-7(5-9(11)12)3-2-4-8(6)10/h2-5H,1H3. The number of benzene rings is 1. The lowest BCUT2D eigenvalue weighted by molar-refractivity contribution is 0.429. The Kier molecular flexibility index (Phi) is 2.53. The maximum Gasteiger partial charge on any atom is 0.270 e. The van der Waals surface area contributed by atoms with Gasteiger partial charge in [-0.2, -0.15) is 8.78 Å².